The van der Waals surface area contributed by atoms with Crippen molar-refractivity contribution >= 4 is 16.7 Å². The Bertz CT molecular complexity index is 2500. The van der Waals surface area contributed by atoms with Crippen LogP contribution in [0.15, 0.2) is 198 Å². The second-order valence-corrected chi connectivity index (χ2v) is 16.4. The lowest BCUT2D eigenvalue weighted by Crippen LogP contribution is -2.41. The zero-order chi connectivity index (χ0) is 33.9. The van der Waals surface area contributed by atoms with Gasteiger partial charge in [0.25, 0.3) is 0 Å². The van der Waals surface area contributed by atoms with E-state index < -0.39 is 0 Å². The molecule has 10 aliphatic rings. The molecule has 250 valence electrons. The number of hydrogen-bond donors (Lipinski definition) is 0. The Labute approximate surface area is 307 Å². The van der Waals surface area contributed by atoms with Crippen molar-refractivity contribution in [1.29, 1.82) is 0 Å². The highest BCUT2D eigenvalue weighted by Crippen LogP contribution is 2.60. The van der Waals surface area contributed by atoms with Crippen molar-refractivity contribution in [2.75, 3.05) is 0 Å². The highest BCUT2D eigenvalue weighted by atomic mass is 14.5. The van der Waals surface area contributed by atoms with Crippen LogP contribution in [0.4, 0.5) is 0 Å². The van der Waals surface area contributed by atoms with Gasteiger partial charge in [0.1, 0.15) is 0 Å². The maximum absolute atomic E-state index is 2.51. The van der Waals surface area contributed by atoms with E-state index in [0.29, 0.717) is 59.2 Å². The van der Waals surface area contributed by atoms with Crippen molar-refractivity contribution in [3.63, 3.8) is 0 Å². The predicted molar refractivity (Wildman–Crippen MR) is 215 cm³/mol. The van der Waals surface area contributed by atoms with Crippen molar-refractivity contribution in [2.45, 2.75) is 12.8 Å². The summed E-state index contributed by atoms with van der Waals surface area (Å²) < 4.78 is 0. The Balaban J connectivity index is 0.980. The third kappa shape index (κ3) is 3.99. The molecule has 0 N–H and O–H groups in total. The molecule has 10 aliphatic carbocycles. The zero-order valence-electron chi connectivity index (χ0n) is 29.4. The summed E-state index contributed by atoms with van der Waals surface area (Å²) in [6, 6.07) is 19.0. The first-order chi connectivity index (χ1) is 25.8. The summed E-state index contributed by atoms with van der Waals surface area (Å²) in [5.41, 5.74) is 15.3. The summed E-state index contributed by atoms with van der Waals surface area (Å²) in [5, 5.41) is 2.85. The third-order valence-corrected chi connectivity index (χ3v) is 14.4. The van der Waals surface area contributed by atoms with Crippen LogP contribution in [0.3, 0.4) is 0 Å². The second-order valence-electron chi connectivity index (χ2n) is 16.4. The van der Waals surface area contributed by atoms with Crippen LogP contribution in [0.5, 0.6) is 0 Å². The molecule has 52 heavy (non-hydrogen) atoms. The van der Waals surface area contributed by atoms with Crippen LogP contribution in [-0.4, -0.2) is 0 Å². The molecular weight excluding hydrogens is 625 g/mol. The average Bonchev–Trinajstić information content (AvgIpc) is 3.72. The molecule has 0 heteroatoms. The van der Waals surface area contributed by atoms with Crippen LogP contribution in [0, 0.1) is 59.2 Å². The first-order valence-electron chi connectivity index (χ1n) is 19.7. The van der Waals surface area contributed by atoms with Gasteiger partial charge in [0, 0.05) is 47.3 Å². The van der Waals surface area contributed by atoms with Crippen molar-refractivity contribution in [3.05, 3.63) is 219 Å². The Hall–Kier alpha value is -5.20. The maximum Gasteiger partial charge on any atom is 0.0137 e. The Kier molecular flexibility index (Phi) is 6.30. The lowest BCUT2D eigenvalue weighted by atomic mass is 9.64. The lowest BCUT2D eigenvalue weighted by molar-refractivity contribution is 0.338. The Morgan fingerprint density at radius 2 is 1.04 bits per heavy atom. The van der Waals surface area contributed by atoms with Gasteiger partial charge in [-0.3, -0.25) is 0 Å². The first-order valence-corrected chi connectivity index (χ1v) is 19.7. The van der Waals surface area contributed by atoms with Gasteiger partial charge in [0.05, 0.1) is 0 Å². The van der Waals surface area contributed by atoms with Crippen LogP contribution in [-0.2, 0) is 0 Å². The molecule has 0 amide bonds. The molecule has 10 atom stereocenters. The van der Waals surface area contributed by atoms with E-state index in [9.17, 15) is 0 Å². The second kappa shape index (κ2) is 11.1. The van der Waals surface area contributed by atoms with Gasteiger partial charge in [-0.1, -0.05) is 187 Å². The van der Waals surface area contributed by atoms with Gasteiger partial charge >= 0.3 is 0 Å². The fourth-order valence-electron chi connectivity index (χ4n) is 12.4. The van der Waals surface area contributed by atoms with Crippen molar-refractivity contribution in [3.8, 4) is 0 Å². The van der Waals surface area contributed by atoms with Crippen LogP contribution >= 0.6 is 0 Å². The monoisotopic (exact) mass is 666 g/mol. The molecule has 0 aliphatic heterocycles. The SMILES string of the molecule is C1=CC2=C(C3=c4ccccc4=C(c4ccc(C5=CC=C6C7C=CC=CC7C7=CC=CC5C76)cc4)C4C=CC=CC34)CCC3C2C(=C1)C1C=CC=CC13. The van der Waals surface area contributed by atoms with Gasteiger partial charge in [0.2, 0.25) is 0 Å². The Morgan fingerprint density at radius 3 is 1.83 bits per heavy atom. The first kappa shape index (κ1) is 29.4. The fourth-order valence-corrected chi connectivity index (χ4v) is 12.4. The number of allylic oxidation sites excluding steroid dienone is 26. The molecule has 0 saturated heterocycles. The average molecular weight is 667 g/mol. The normalized spacial score (nSPS) is 36.0. The standard InChI is InChI=1S/C52H42/c1-3-13-36-34(11-1)39-20-9-19-38-33(27-28-46(36)50(38)39)31-23-25-32(26-24-31)49-41-15-5-7-17-43(41)52(44-18-8-6-16-42(44)49)48-30-29-47-37-14-4-2-12-35(37)40-21-10-22-45(48)51(40)47/h1-28,34-38,41,43,47,50-51H,29-30H2. The quantitative estimate of drug-likeness (QED) is 0.306. The lowest BCUT2D eigenvalue weighted by Gasteiger charge is -2.39. The van der Waals surface area contributed by atoms with Crippen LogP contribution in [0.25, 0.3) is 16.7 Å². The number of rotatable bonds is 3. The summed E-state index contributed by atoms with van der Waals surface area (Å²) >= 11 is 0. The van der Waals surface area contributed by atoms with E-state index in [-0.39, 0.29) is 0 Å². The molecule has 2 fully saturated rings. The molecular formula is C52H42. The van der Waals surface area contributed by atoms with Crippen molar-refractivity contribution in [2.24, 2.45) is 59.2 Å². The van der Waals surface area contributed by atoms with Gasteiger partial charge in [-0.15, -0.1) is 0 Å². The number of benzene rings is 2. The molecule has 12 rings (SSSR count). The van der Waals surface area contributed by atoms with E-state index in [0.717, 1.165) is 6.42 Å². The highest BCUT2D eigenvalue weighted by molar-refractivity contribution is 5.83. The van der Waals surface area contributed by atoms with Gasteiger partial charge in [-0.2, -0.15) is 0 Å². The summed E-state index contributed by atoms with van der Waals surface area (Å²) in [6.45, 7) is 0. The molecule has 0 spiro atoms. The number of hydrogen-bond acceptors (Lipinski definition) is 0. The molecule has 0 nitrogen and oxygen atoms in total. The van der Waals surface area contributed by atoms with Gasteiger partial charge in [0.15, 0.2) is 0 Å². The van der Waals surface area contributed by atoms with Crippen LogP contribution in [0.1, 0.15) is 24.0 Å². The van der Waals surface area contributed by atoms with Crippen molar-refractivity contribution in [1.82, 2.24) is 0 Å². The summed E-state index contributed by atoms with van der Waals surface area (Å²) in [4.78, 5) is 0. The predicted octanol–water partition coefficient (Wildman–Crippen LogP) is 10.0. The van der Waals surface area contributed by atoms with Gasteiger partial charge in [-0.25, -0.2) is 0 Å². The van der Waals surface area contributed by atoms with Crippen LogP contribution < -0.4 is 10.4 Å². The molecule has 0 heterocycles. The fraction of sp³-hybridized carbons (Fsp3) is 0.231. The minimum Gasteiger partial charge on any atom is -0.0802 e. The molecule has 0 aromatic heterocycles. The van der Waals surface area contributed by atoms with E-state index >= 15 is 0 Å². The molecule has 2 aromatic carbocycles. The third-order valence-electron chi connectivity index (χ3n) is 14.4. The highest BCUT2D eigenvalue weighted by Gasteiger charge is 2.50. The van der Waals surface area contributed by atoms with Crippen molar-refractivity contribution < 1.29 is 0 Å². The largest absolute Gasteiger partial charge is 0.0802 e. The van der Waals surface area contributed by atoms with Gasteiger partial charge in [-0.05, 0) is 74.1 Å². The maximum atomic E-state index is 2.51. The van der Waals surface area contributed by atoms with E-state index in [4.69, 9.17) is 0 Å². The summed E-state index contributed by atoms with van der Waals surface area (Å²) in [7, 11) is 0. The van der Waals surface area contributed by atoms with Crippen LogP contribution in [0.2, 0.25) is 0 Å². The minimum atomic E-state index is 0.308. The van der Waals surface area contributed by atoms with E-state index in [2.05, 4.69) is 170 Å². The van der Waals surface area contributed by atoms with Gasteiger partial charge < -0.3 is 0 Å². The number of fused-ring (bicyclic) bond motifs is 8. The topological polar surface area (TPSA) is 0 Å². The molecule has 10 unspecified atom stereocenters. The summed E-state index contributed by atoms with van der Waals surface area (Å²) in [5.74, 6) is 4.99. The molecule has 0 radical (unpaired) electrons. The molecule has 0 bridgehead atoms. The van der Waals surface area contributed by atoms with E-state index in [1.165, 1.54) is 39.1 Å². The smallest absolute Gasteiger partial charge is 0.0137 e. The minimum absolute atomic E-state index is 0.308. The van der Waals surface area contributed by atoms with E-state index in [1.54, 1.807) is 33.4 Å². The summed E-state index contributed by atoms with van der Waals surface area (Å²) in [6.07, 6.45) is 50.2. The Morgan fingerprint density at radius 1 is 0.442 bits per heavy atom. The van der Waals surface area contributed by atoms with E-state index in [1.807, 2.05) is 0 Å². The zero-order valence-corrected chi connectivity index (χ0v) is 29.4. The molecule has 2 aromatic rings. The molecule has 2 saturated carbocycles.